The Morgan fingerprint density at radius 2 is 1.62 bits per heavy atom. The highest BCUT2D eigenvalue weighted by Crippen LogP contribution is 2.62. The molecule has 4 nitrogen and oxygen atoms in total. The Morgan fingerprint density at radius 3 is 2.00 bits per heavy atom. The molecule has 0 heterocycles. The summed E-state index contributed by atoms with van der Waals surface area (Å²) in [5.74, 6) is 0.107. The van der Waals surface area contributed by atoms with E-state index in [1.54, 1.807) is 0 Å². The van der Waals surface area contributed by atoms with E-state index in [0.717, 1.165) is 0 Å². The molecule has 2 N–H and O–H groups in total. The second kappa shape index (κ2) is 4.27. The van der Waals surface area contributed by atoms with Crippen LogP contribution in [-0.2, 0) is 10.0 Å². The van der Waals surface area contributed by atoms with Crippen LogP contribution in [-0.4, -0.2) is 31.9 Å². The third-order valence-corrected chi connectivity index (χ3v) is 5.56. The summed E-state index contributed by atoms with van der Waals surface area (Å²) in [6.45, 7) is 8.36. The van der Waals surface area contributed by atoms with Gasteiger partial charge < -0.3 is 5.11 Å². The van der Waals surface area contributed by atoms with Gasteiger partial charge in [-0.1, -0.05) is 27.7 Å². The van der Waals surface area contributed by atoms with E-state index in [4.69, 9.17) is 5.11 Å². The van der Waals surface area contributed by atoms with Crippen LogP contribution in [0.4, 0.5) is 0 Å². The van der Waals surface area contributed by atoms with Gasteiger partial charge in [-0.15, -0.1) is 0 Å². The number of nitrogens with one attached hydrogen (secondary N) is 1. The largest absolute Gasteiger partial charge is 0.396 e. The lowest BCUT2D eigenvalue weighted by Gasteiger charge is -2.07. The number of sulfonamides is 1. The van der Waals surface area contributed by atoms with Crippen LogP contribution in [0.25, 0.3) is 0 Å². The standard InChI is InChI=1S/C11H23NO3S/c1-10(2)9(11(10,3)4)12-16(14,15)8-6-5-7-13/h9,12-13H,5-8H2,1-4H3. The van der Waals surface area contributed by atoms with E-state index >= 15 is 0 Å². The zero-order valence-electron chi connectivity index (χ0n) is 10.6. The highest BCUT2D eigenvalue weighted by atomic mass is 32.2. The predicted molar refractivity (Wildman–Crippen MR) is 64.6 cm³/mol. The predicted octanol–water partition coefficient (Wildman–Crippen LogP) is 1.11. The number of hydrogen-bond donors (Lipinski definition) is 2. The molecule has 1 aliphatic rings. The first-order chi connectivity index (χ1) is 7.15. The molecular formula is C11H23NO3S. The van der Waals surface area contributed by atoms with Crippen LogP contribution < -0.4 is 4.72 Å². The molecule has 0 unspecified atom stereocenters. The Labute approximate surface area is 98.5 Å². The molecule has 0 radical (unpaired) electrons. The van der Waals surface area contributed by atoms with Crippen molar-refractivity contribution in [1.29, 1.82) is 0 Å². The first-order valence-electron chi connectivity index (χ1n) is 5.76. The van der Waals surface area contributed by atoms with E-state index in [2.05, 4.69) is 32.4 Å². The minimum absolute atomic E-state index is 0.0248. The van der Waals surface area contributed by atoms with Gasteiger partial charge >= 0.3 is 0 Å². The number of unbranched alkanes of at least 4 members (excludes halogenated alkanes) is 1. The van der Waals surface area contributed by atoms with Crippen molar-refractivity contribution in [2.45, 2.75) is 46.6 Å². The molecule has 0 aliphatic heterocycles. The van der Waals surface area contributed by atoms with E-state index in [1.165, 1.54) is 0 Å². The summed E-state index contributed by atoms with van der Waals surface area (Å²) in [5.41, 5.74) is 0.0497. The first-order valence-corrected chi connectivity index (χ1v) is 7.41. The van der Waals surface area contributed by atoms with Gasteiger partial charge in [0.2, 0.25) is 10.0 Å². The maximum Gasteiger partial charge on any atom is 0.211 e. The van der Waals surface area contributed by atoms with Gasteiger partial charge in [-0.3, -0.25) is 0 Å². The fourth-order valence-electron chi connectivity index (χ4n) is 2.13. The molecule has 5 heteroatoms. The van der Waals surface area contributed by atoms with Crippen LogP contribution >= 0.6 is 0 Å². The second-order valence-corrected chi connectivity index (χ2v) is 7.62. The minimum atomic E-state index is -3.19. The summed E-state index contributed by atoms with van der Waals surface area (Å²) in [6, 6.07) is 0.0270. The van der Waals surface area contributed by atoms with Crippen molar-refractivity contribution >= 4 is 10.0 Å². The van der Waals surface area contributed by atoms with Crippen molar-refractivity contribution in [2.75, 3.05) is 12.4 Å². The fourth-order valence-corrected chi connectivity index (χ4v) is 3.78. The molecule has 0 bridgehead atoms. The highest BCUT2D eigenvalue weighted by Gasteiger charge is 2.65. The van der Waals surface area contributed by atoms with Crippen molar-refractivity contribution in [3.8, 4) is 0 Å². The fraction of sp³-hybridized carbons (Fsp3) is 1.00. The van der Waals surface area contributed by atoms with Crippen LogP contribution in [0.3, 0.4) is 0 Å². The molecule has 16 heavy (non-hydrogen) atoms. The monoisotopic (exact) mass is 249 g/mol. The Morgan fingerprint density at radius 1 is 1.12 bits per heavy atom. The number of aliphatic hydroxyl groups excluding tert-OH is 1. The molecule has 1 rings (SSSR count). The van der Waals surface area contributed by atoms with Gasteiger partial charge in [-0.05, 0) is 23.7 Å². The summed E-state index contributed by atoms with van der Waals surface area (Å²) >= 11 is 0. The Kier molecular flexibility index (Phi) is 3.72. The minimum Gasteiger partial charge on any atom is -0.396 e. The zero-order valence-corrected chi connectivity index (χ0v) is 11.4. The van der Waals surface area contributed by atoms with Crippen LogP contribution in [0, 0.1) is 10.8 Å². The number of rotatable bonds is 6. The van der Waals surface area contributed by atoms with E-state index in [-0.39, 0.29) is 29.2 Å². The Bertz CT molecular complexity index is 332. The molecule has 0 aromatic heterocycles. The van der Waals surface area contributed by atoms with Gasteiger partial charge in [-0.25, -0.2) is 13.1 Å². The molecule has 0 aromatic rings. The van der Waals surface area contributed by atoms with Gasteiger partial charge in [0.25, 0.3) is 0 Å². The summed E-state index contributed by atoms with van der Waals surface area (Å²) in [6.07, 6.45) is 1.05. The van der Waals surface area contributed by atoms with Crippen molar-refractivity contribution in [2.24, 2.45) is 10.8 Å². The molecule has 0 amide bonds. The van der Waals surface area contributed by atoms with Crippen molar-refractivity contribution in [3.63, 3.8) is 0 Å². The van der Waals surface area contributed by atoms with Gasteiger partial charge in [0.15, 0.2) is 0 Å². The smallest absolute Gasteiger partial charge is 0.211 e. The van der Waals surface area contributed by atoms with Crippen molar-refractivity contribution in [3.05, 3.63) is 0 Å². The molecule has 1 fully saturated rings. The summed E-state index contributed by atoms with van der Waals surface area (Å²) in [4.78, 5) is 0. The third kappa shape index (κ3) is 2.57. The molecular weight excluding hydrogens is 226 g/mol. The van der Waals surface area contributed by atoms with Crippen LogP contribution in [0.2, 0.25) is 0 Å². The molecule has 1 aliphatic carbocycles. The first kappa shape index (κ1) is 13.9. The Balaban J connectivity index is 2.50. The lowest BCUT2D eigenvalue weighted by atomic mass is 10.0. The topological polar surface area (TPSA) is 66.4 Å². The molecule has 0 aromatic carbocycles. The van der Waals surface area contributed by atoms with Gasteiger partial charge in [-0.2, -0.15) is 0 Å². The Hall–Kier alpha value is -0.130. The van der Waals surface area contributed by atoms with E-state index in [1.807, 2.05) is 0 Å². The number of aliphatic hydroxyl groups is 1. The quantitative estimate of drug-likeness (QED) is 0.693. The normalized spacial score (nSPS) is 23.3. The molecule has 0 spiro atoms. The third-order valence-electron chi connectivity index (χ3n) is 4.14. The highest BCUT2D eigenvalue weighted by molar-refractivity contribution is 7.89. The summed E-state index contributed by atoms with van der Waals surface area (Å²) in [7, 11) is -3.19. The van der Waals surface area contributed by atoms with Crippen LogP contribution in [0.5, 0.6) is 0 Å². The SMILES string of the molecule is CC1(C)C(NS(=O)(=O)CCCCO)C1(C)C. The molecule has 96 valence electrons. The molecule has 0 atom stereocenters. The summed E-state index contributed by atoms with van der Waals surface area (Å²) < 4.78 is 26.2. The van der Waals surface area contributed by atoms with E-state index < -0.39 is 10.0 Å². The van der Waals surface area contributed by atoms with E-state index in [0.29, 0.717) is 12.8 Å². The van der Waals surface area contributed by atoms with Gasteiger partial charge in [0.05, 0.1) is 5.75 Å². The van der Waals surface area contributed by atoms with Gasteiger partial charge in [0, 0.05) is 12.6 Å². The molecule has 1 saturated carbocycles. The summed E-state index contributed by atoms with van der Waals surface area (Å²) in [5, 5.41) is 8.61. The van der Waals surface area contributed by atoms with Crippen molar-refractivity contribution in [1.82, 2.24) is 4.72 Å². The average molecular weight is 249 g/mol. The number of hydrogen-bond acceptors (Lipinski definition) is 3. The molecule has 0 saturated heterocycles. The second-order valence-electron chi connectivity index (χ2n) is 5.74. The van der Waals surface area contributed by atoms with Gasteiger partial charge in [0.1, 0.15) is 0 Å². The van der Waals surface area contributed by atoms with Crippen LogP contribution in [0.1, 0.15) is 40.5 Å². The maximum atomic E-state index is 11.7. The average Bonchev–Trinajstić information content (AvgIpc) is 2.48. The van der Waals surface area contributed by atoms with Crippen LogP contribution in [0.15, 0.2) is 0 Å². The maximum absolute atomic E-state index is 11.7. The van der Waals surface area contributed by atoms with E-state index in [9.17, 15) is 8.42 Å². The zero-order chi connectivity index (χ0) is 12.6. The van der Waals surface area contributed by atoms with Crippen molar-refractivity contribution < 1.29 is 13.5 Å². The lowest BCUT2D eigenvalue weighted by Crippen LogP contribution is -2.32. The lowest BCUT2D eigenvalue weighted by molar-refractivity contribution is 0.287.